The number of carbonyl (C=O) groups is 2. The Labute approximate surface area is 175 Å². The highest BCUT2D eigenvalue weighted by molar-refractivity contribution is 7.12. The van der Waals surface area contributed by atoms with Gasteiger partial charge in [0.15, 0.2) is 5.69 Å². The molecule has 0 radical (unpaired) electrons. The maximum atomic E-state index is 12.8. The minimum atomic E-state index is -0.598. The number of carbonyl (C=O) groups excluding carboxylic acids is 2. The zero-order chi connectivity index (χ0) is 21.1. The number of benzene rings is 2. The van der Waals surface area contributed by atoms with E-state index in [-0.39, 0.29) is 11.3 Å². The van der Waals surface area contributed by atoms with Crippen LogP contribution in [0.25, 0.3) is 21.9 Å². The van der Waals surface area contributed by atoms with E-state index in [1.54, 1.807) is 31.2 Å². The zero-order valence-corrected chi connectivity index (χ0v) is 16.9. The largest absolute Gasteiger partial charge is 0.290 e. The van der Waals surface area contributed by atoms with Crippen LogP contribution in [0.1, 0.15) is 27.1 Å². The second kappa shape index (κ2) is 8.30. The Hall–Kier alpha value is -3.78. The predicted octanol–water partition coefficient (Wildman–Crippen LogP) is 3.22. The average molecular weight is 418 g/mol. The third-order valence-electron chi connectivity index (χ3n) is 4.63. The van der Waals surface area contributed by atoms with E-state index in [0.717, 1.165) is 11.1 Å². The van der Waals surface area contributed by atoms with E-state index in [9.17, 15) is 14.4 Å². The first-order valence-electron chi connectivity index (χ1n) is 9.33. The molecule has 2 N–H and O–H groups in total. The fraction of sp³-hybridized carbons (Fsp3) is 0.0909. The van der Waals surface area contributed by atoms with E-state index in [1.165, 1.54) is 16.0 Å². The SMILES string of the molecule is CCn1nc(C(=O)NNC(=O)c2sccc2-c2ccccc2)c2ccccc2c1=O. The minimum Gasteiger partial charge on any atom is -0.267 e. The summed E-state index contributed by atoms with van der Waals surface area (Å²) < 4.78 is 1.23. The lowest BCUT2D eigenvalue weighted by atomic mass is 10.1. The summed E-state index contributed by atoms with van der Waals surface area (Å²) in [5.74, 6) is -1.02. The number of nitrogens with zero attached hydrogens (tertiary/aromatic N) is 2. The molecule has 0 spiro atoms. The maximum Gasteiger partial charge on any atom is 0.290 e. The molecule has 0 atom stereocenters. The average Bonchev–Trinajstić information content (AvgIpc) is 3.28. The maximum absolute atomic E-state index is 12.8. The van der Waals surface area contributed by atoms with Gasteiger partial charge in [0.25, 0.3) is 17.4 Å². The molecule has 2 aromatic carbocycles. The fourth-order valence-electron chi connectivity index (χ4n) is 3.18. The molecule has 8 heteroatoms. The number of hydrazine groups is 1. The lowest BCUT2D eigenvalue weighted by Crippen LogP contribution is -2.42. The number of amides is 2. The molecule has 0 aliphatic rings. The van der Waals surface area contributed by atoms with Gasteiger partial charge in [-0.1, -0.05) is 48.5 Å². The zero-order valence-electron chi connectivity index (χ0n) is 16.1. The molecule has 2 amide bonds. The van der Waals surface area contributed by atoms with Gasteiger partial charge < -0.3 is 0 Å². The van der Waals surface area contributed by atoms with Gasteiger partial charge in [-0.3, -0.25) is 25.2 Å². The first-order chi connectivity index (χ1) is 14.6. The topological polar surface area (TPSA) is 93.1 Å². The van der Waals surface area contributed by atoms with Crippen LogP contribution in [-0.4, -0.2) is 21.6 Å². The molecule has 0 bridgehead atoms. The van der Waals surface area contributed by atoms with E-state index in [0.29, 0.717) is 22.2 Å². The van der Waals surface area contributed by atoms with E-state index in [4.69, 9.17) is 0 Å². The Bertz CT molecular complexity index is 1290. The summed E-state index contributed by atoms with van der Waals surface area (Å²) in [5, 5.41) is 6.82. The summed E-state index contributed by atoms with van der Waals surface area (Å²) in [6, 6.07) is 18.2. The number of nitrogens with one attached hydrogen (secondary N) is 2. The quantitative estimate of drug-likeness (QED) is 0.498. The standard InChI is InChI=1S/C22H18N4O3S/c1-2-26-22(29)17-11-7-6-10-16(17)18(25-26)20(27)23-24-21(28)19-15(12-13-30-19)14-8-4-3-5-9-14/h3-13H,2H2,1H3,(H,23,27)(H,24,28). The van der Waals surface area contributed by atoms with Crippen LogP contribution in [0.15, 0.2) is 70.8 Å². The van der Waals surface area contributed by atoms with Crippen molar-refractivity contribution in [3.63, 3.8) is 0 Å². The second-order valence-electron chi connectivity index (χ2n) is 6.45. The molecule has 0 fully saturated rings. The van der Waals surface area contributed by atoms with E-state index >= 15 is 0 Å². The molecular formula is C22H18N4O3S. The van der Waals surface area contributed by atoms with Crippen molar-refractivity contribution in [2.75, 3.05) is 0 Å². The highest BCUT2D eigenvalue weighted by Gasteiger charge is 2.19. The van der Waals surface area contributed by atoms with E-state index in [1.807, 2.05) is 41.8 Å². The highest BCUT2D eigenvalue weighted by Crippen LogP contribution is 2.27. The molecule has 0 aliphatic heterocycles. The van der Waals surface area contributed by atoms with Gasteiger partial charge in [-0.25, -0.2) is 4.68 Å². The normalized spacial score (nSPS) is 10.7. The van der Waals surface area contributed by atoms with Gasteiger partial charge in [-0.2, -0.15) is 5.10 Å². The number of fused-ring (bicyclic) bond motifs is 1. The van der Waals surface area contributed by atoms with Gasteiger partial charge in [0, 0.05) is 17.5 Å². The van der Waals surface area contributed by atoms with Crippen LogP contribution < -0.4 is 16.4 Å². The number of thiophene rings is 1. The second-order valence-corrected chi connectivity index (χ2v) is 7.37. The van der Waals surface area contributed by atoms with E-state index < -0.39 is 11.8 Å². The Morgan fingerprint density at radius 2 is 1.60 bits per heavy atom. The van der Waals surface area contributed by atoms with Crippen molar-refractivity contribution in [3.8, 4) is 11.1 Å². The number of hydrogen-bond donors (Lipinski definition) is 2. The summed E-state index contributed by atoms with van der Waals surface area (Å²) in [4.78, 5) is 38.4. The summed E-state index contributed by atoms with van der Waals surface area (Å²) in [7, 11) is 0. The predicted molar refractivity (Wildman–Crippen MR) is 116 cm³/mol. The molecule has 4 aromatic rings. The summed E-state index contributed by atoms with van der Waals surface area (Å²) >= 11 is 1.29. The van der Waals surface area contributed by atoms with Crippen LogP contribution in [0.3, 0.4) is 0 Å². The molecule has 0 saturated heterocycles. The first-order valence-corrected chi connectivity index (χ1v) is 10.2. The minimum absolute atomic E-state index is 0.0711. The summed E-state index contributed by atoms with van der Waals surface area (Å²) in [6.07, 6.45) is 0. The first kappa shape index (κ1) is 19.5. The van der Waals surface area contributed by atoms with Crippen LogP contribution >= 0.6 is 11.3 Å². The van der Waals surface area contributed by atoms with Gasteiger partial charge in [-0.05, 0) is 30.0 Å². The van der Waals surface area contributed by atoms with Crippen LogP contribution in [0.2, 0.25) is 0 Å². The lowest BCUT2D eigenvalue weighted by molar-refractivity contribution is 0.0846. The number of rotatable bonds is 4. The Balaban J connectivity index is 1.58. The van der Waals surface area contributed by atoms with Gasteiger partial charge >= 0.3 is 0 Å². The molecule has 4 rings (SSSR count). The van der Waals surface area contributed by atoms with Crippen LogP contribution in [-0.2, 0) is 6.54 Å². The van der Waals surface area contributed by atoms with Gasteiger partial charge in [0.2, 0.25) is 0 Å². The summed E-state index contributed by atoms with van der Waals surface area (Å²) in [5.41, 5.74) is 6.38. The van der Waals surface area contributed by atoms with Gasteiger partial charge in [0.1, 0.15) is 4.88 Å². The Morgan fingerprint density at radius 3 is 2.33 bits per heavy atom. The van der Waals surface area contributed by atoms with Crippen molar-refractivity contribution in [1.29, 1.82) is 0 Å². The molecular weight excluding hydrogens is 400 g/mol. The number of aromatic nitrogens is 2. The molecule has 2 aromatic heterocycles. The van der Waals surface area contributed by atoms with Gasteiger partial charge in [0.05, 0.1) is 5.39 Å². The highest BCUT2D eigenvalue weighted by atomic mass is 32.1. The molecule has 7 nitrogen and oxygen atoms in total. The fourth-order valence-corrected chi connectivity index (χ4v) is 3.99. The monoisotopic (exact) mass is 418 g/mol. The van der Waals surface area contributed by atoms with Crippen molar-refractivity contribution >= 4 is 33.9 Å². The Kier molecular flexibility index (Phi) is 5.40. The van der Waals surface area contributed by atoms with Crippen molar-refractivity contribution in [2.45, 2.75) is 13.5 Å². The van der Waals surface area contributed by atoms with Crippen molar-refractivity contribution in [1.82, 2.24) is 20.6 Å². The molecule has 30 heavy (non-hydrogen) atoms. The van der Waals surface area contributed by atoms with E-state index in [2.05, 4.69) is 16.0 Å². The molecule has 0 unspecified atom stereocenters. The number of hydrogen-bond acceptors (Lipinski definition) is 5. The third kappa shape index (κ3) is 3.60. The third-order valence-corrected chi connectivity index (χ3v) is 5.54. The van der Waals surface area contributed by atoms with Gasteiger partial charge in [-0.15, -0.1) is 11.3 Å². The van der Waals surface area contributed by atoms with Crippen molar-refractivity contribution < 1.29 is 9.59 Å². The van der Waals surface area contributed by atoms with Crippen molar-refractivity contribution in [2.24, 2.45) is 0 Å². The van der Waals surface area contributed by atoms with Crippen LogP contribution in [0.5, 0.6) is 0 Å². The summed E-state index contributed by atoms with van der Waals surface area (Å²) in [6.45, 7) is 2.10. The van der Waals surface area contributed by atoms with Crippen molar-refractivity contribution in [3.05, 3.63) is 87.0 Å². The molecule has 0 saturated carbocycles. The smallest absolute Gasteiger partial charge is 0.267 e. The molecule has 2 heterocycles. The van der Waals surface area contributed by atoms with Crippen LogP contribution in [0, 0.1) is 0 Å². The molecule has 150 valence electrons. The number of aryl methyl sites for hydroxylation is 1. The van der Waals surface area contributed by atoms with Crippen LogP contribution in [0.4, 0.5) is 0 Å². The molecule has 0 aliphatic carbocycles. The Morgan fingerprint density at radius 1 is 0.933 bits per heavy atom. The lowest BCUT2D eigenvalue weighted by Gasteiger charge is -2.11.